The van der Waals surface area contributed by atoms with Gasteiger partial charge in [-0.05, 0) is 29.8 Å². The summed E-state index contributed by atoms with van der Waals surface area (Å²) >= 11 is 5.95. The van der Waals surface area contributed by atoms with Crippen LogP contribution in [-0.2, 0) is 6.54 Å². The van der Waals surface area contributed by atoms with E-state index >= 15 is 0 Å². The lowest BCUT2D eigenvalue weighted by Gasteiger charge is -2.19. The molecule has 4 heteroatoms. The van der Waals surface area contributed by atoms with Crippen molar-refractivity contribution >= 4 is 23.1 Å². The smallest absolute Gasteiger partial charge is 0.151 e. The molecule has 0 radical (unpaired) electrons. The summed E-state index contributed by atoms with van der Waals surface area (Å²) in [7, 11) is 1.96. The van der Waals surface area contributed by atoms with E-state index in [1.165, 1.54) is 0 Å². The van der Waals surface area contributed by atoms with E-state index in [9.17, 15) is 0 Å². The summed E-state index contributed by atoms with van der Waals surface area (Å²) in [4.78, 5) is 6.27. The first-order valence-electron chi connectivity index (χ1n) is 5.33. The molecule has 3 nitrogen and oxygen atoms in total. The Morgan fingerprint density at radius 1 is 1.29 bits per heavy atom. The van der Waals surface area contributed by atoms with E-state index in [1.807, 2.05) is 48.3 Å². The molecule has 0 amide bonds. The third kappa shape index (κ3) is 2.88. The Morgan fingerprint density at radius 3 is 2.82 bits per heavy atom. The zero-order valence-electron chi connectivity index (χ0n) is 9.60. The Bertz CT molecular complexity index is 514. The molecule has 0 bridgehead atoms. The predicted molar refractivity (Wildman–Crippen MR) is 72.2 cm³/mol. The molecule has 2 rings (SSSR count). The van der Waals surface area contributed by atoms with E-state index in [0.717, 1.165) is 22.9 Å². The minimum atomic E-state index is 0.678. The van der Waals surface area contributed by atoms with Crippen molar-refractivity contribution in [3.8, 4) is 0 Å². The number of benzene rings is 1. The van der Waals surface area contributed by atoms with E-state index in [1.54, 1.807) is 6.20 Å². The Labute approximate surface area is 106 Å². The molecule has 17 heavy (non-hydrogen) atoms. The maximum Gasteiger partial charge on any atom is 0.151 e. The molecule has 0 unspecified atom stereocenters. The third-order valence-electron chi connectivity index (χ3n) is 2.49. The summed E-state index contributed by atoms with van der Waals surface area (Å²) in [6.07, 6.45) is 1.74. The average Bonchev–Trinajstić information content (AvgIpc) is 2.29. The average molecular weight is 248 g/mol. The number of rotatable bonds is 3. The zero-order chi connectivity index (χ0) is 12.3. The molecule has 1 aromatic heterocycles. The van der Waals surface area contributed by atoms with Crippen molar-refractivity contribution in [2.75, 3.05) is 17.7 Å². The molecular weight excluding hydrogens is 234 g/mol. The molecular formula is C13H14ClN3. The lowest BCUT2D eigenvalue weighted by molar-refractivity contribution is 0.900. The van der Waals surface area contributed by atoms with Gasteiger partial charge in [-0.15, -0.1) is 0 Å². The number of anilines is 2. The van der Waals surface area contributed by atoms with E-state index in [2.05, 4.69) is 4.98 Å². The fourth-order valence-electron chi connectivity index (χ4n) is 1.71. The second-order valence-electron chi connectivity index (χ2n) is 3.90. The Hall–Kier alpha value is -1.74. The van der Waals surface area contributed by atoms with Gasteiger partial charge < -0.3 is 10.6 Å². The molecule has 88 valence electrons. The van der Waals surface area contributed by atoms with Crippen molar-refractivity contribution < 1.29 is 0 Å². The summed E-state index contributed by atoms with van der Waals surface area (Å²) in [5.41, 5.74) is 7.68. The molecule has 0 aliphatic rings. The third-order valence-corrected chi connectivity index (χ3v) is 2.72. The van der Waals surface area contributed by atoms with Crippen LogP contribution in [0.15, 0.2) is 42.6 Å². The predicted octanol–water partition coefficient (Wildman–Crippen LogP) is 2.95. The molecule has 0 fully saturated rings. The van der Waals surface area contributed by atoms with Gasteiger partial charge in [-0.3, -0.25) is 0 Å². The SMILES string of the molecule is CN(Cc1cccc(Cl)c1)c1ncccc1N. The van der Waals surface area contributed by atoms with Gasteiger partial charge in [0.2, 0.25) is 0 Å². The maximum absolute atomic E-state index is 5.95. The molecule has 0 saturated heterocycles. The van der Waals surface area contributed by atoms with Crippen LogP contribution >= 0.6 is 11.6 Å². The highest BCUT2D eigenvalue weighted by atomic mass is 35.5. The minimum Gasteiger partial charge on any atom is -0.396 e. The van der Waals surface area contributed by atoms with Crippen LogP contribution in [0, 0.1) is 0 Å². The highest BCUT2D eigenvalue weighted by Gasteiger charge is 2.06. The van der Waals surface area contributed by atoms with Crippen molar-refractivity contribution in [2.45, 2.75) is 6.54 Å². The van der Waals surface area contributed by atoms with Gasteiger partial charge in [0.1, 0.15) is 0 Å². The number of hydrogen-bond acceptors (Lipinski definition) is 3. The van der Waals surface area contributed by atoms with E-state index in [0.29, 0.717) is 5.69 Å². The Morgan fingerprint density at radius 2 is 2.12 bits per heavy atom. The van der Waals surface area contributed by atoms with Crippen LogP contribution in [0.25, 0.3) is 0 Å². The molecule has 0 spiro atoms. The van der Waals surface area contributed by atoms with E-state index < -0.39 is 0 Å². The molecule has 0 aliphatic heterocycles. The van der Waals surface area contributed by atoms with Gasteiger partial charge in [0, 0.05) is 24.8 Å². The van der Waals surface area contributed by atoms with Gasteiger partial charge in [-0.1, -0.05) is 23.7 Å². The number of nitrogens with zero attached hydrogens (tertiary/aromatic N) is 2. The van der Waals surface area contributed by atoms with Crippen molar-refractivity contribution in [3.63, 3.8) is 0 Å². The van der Waals surface area contributed by atoms with E-state index in [4.69, 9.17) is 17.3 Å². The van der Waals surface area contributed by atoms with Crippen LogP contribution in [0.4, 0.5) is 11.5 Å². The fourth-order valence-corrected chi connectivity index (χ4v) is 1.93. The maximum atomic E-state index is 5.95. The lowest BCUT2D eigenvalue weighted by atomic mass is 10.2. The van der Waals surface area contributed by atoms with Gasteiger partial charge in [-0.25, -0.2) is 4.98 Å². The number of hydrogen-bond donors (Lipinski definition) is 1. The second kappa shape index (κ2) is 5.06. The van der Waals surface area contributed by atoms with Crippen molar-refractivity contribution in [1.82, 2.24) is 4.98 Å². The summed E-state index contributed by atoms with van der Waals surface area (Å²) in [6.45, 7) is 0.724. The highest BCUT2D eigenvalue weighted by molar-refractivity contribution is 6.30. The molecule has 1 heterocycles. The fraction of sp³-hybridized carbons (Fsp3) is 0.154. The quantitative estimate of drug-likeness (QED) is 0.907. The number of pyridine rings is 1. The van der Waals surface area contributed by atoms with E-state index in [-0.39, 0.29) is 0 Å². The van der Waals surface area contributed by atoms with Crippen LogP contribution < -0.4 is 10.6 Å². The number of nitrogens with two attached hydrogens (primary N) is 1. The normalized spacial score (nSPS) is 10.2. The van der Waals surface area contributed by atoms with Crippen LogP contribution in [-0.4, -0.2) is 12.0 Å². The van der Waals surface area contributed by atoms with Gasteiger partial charge in [0.25, 0.3) is 0 Å². The van der Waals surface area contributed by atoms with Gasteiger partial charge in [0.15, 0.2) is 5.82 Å². The molecule has 1 aromatic carbocycles. The minimum absolute atomic E-state index is 0.678. The summed E-state index contributed by atoms with van der Waals surface area (Å²) in [6, 6.07) is 11.4. The lowest BCUT2D eigenvalue weighted by Crippen LogP contribution is -2.18. The largest absolute Gasteiger partial charge is 0.396 e. The van der Waals surface area contributed by atoms with Crippen molar-refractivity contribution in [3.05, 3.63) is 53.2 Å². The Balaban J connectivity index is 2.17. The van der Waals surface area contributed by atoms with Crippen LogP contribution in [0.5, 0.6) is 0 Å². The standard InChI is InChI=1S/C13H14ClN3/c1-17(13-12(15)6-3-7-16-13)9-10-4-2-5-11(14)8-10/h2-8H,9,15H2,1H3. The molecule has 0 saturated carbocycles. The van der Waals surface area contributed by atoms with Gasteiger partial charge in [-0.2, -0.15) is 0 Å². The first-order chi connectivity index (χ1) is 8.16. The second-order valence-corrected chi connectivity index (χ2v) is 4.34. The summed E-state index contributed by atoms with van der Waals surface area (Å²) < 4.78 is 0. The summed E-state index contributed by atoms with van der Waals surface area (Å²) in [5.74, 6) is 0.785. The van der Waals surface area contributed by atoms with Crippen molar-refractivity contribution in [2.24, 2.45) is 0 Å². The molecule has 2 aromatic rings. The summed E-state index contributed by atoms with van der Waals surface area (Å²) in [5, 5.41) is 0.741. The number of halogens is 1. The zero-order valence-corrected chi connectivity index (χ0v) is 10.4. The number of nitrogen functional groups attached to an aromatic ring is 1. The molecule has 2 N–H and O–H groups in total. The van der Waals surface area contributed by atoms with Gasteiger partial charge >= 0.3 is 0 Å². The first kappa shape index (κ1) is 11.7. The van der Waals surface area contributed by atoms with Gasteiger partial charge in [0.05, 0.1) is 5.69 Å². The first-order valence-corrected chi connectivity index (χ1v) is 5.70. The Kier molecular flexibility index (Phi) is 3.49. The van der Waals surface area contributed by atoms with Crippen LogP contribution in [0.1, 0.15) is 5.56 Å². The highest BCUT2D eigenvalue weighted by Crippen LogP contribution is 2.20. The number of aromatic nitrogens is 1. The monoisotopic (exact) mass is 247 g/mol. The molecule has 0 aliphatic carbocycles. The van der Waals surface area contributed by atoms with Crippen molar-refractivity contribution in [1.29, 1.82) is 0 Å². The topological polar surface area (TPSA) is 42.2 Å². The van der Waals surface area contributed by atoms with Crippen LogP contribution in [0.3, 0.4) is 0 Å². The molecule has 0 atom stereocenters. The van der Waals surface area contributed by atoms with Crippen LogP contribution in [0.2, 0.25) is 5.02 Å².